The molecule has 0 aliphatic carbocycles. The minimum absolute atomic E-state index is 0.0538. The van der Waals surface area contributed by atoms with Crippen molar-refractivity contribution in [2.75, 3.05) is 43.1 Å². The molecule has 2 amide bonds. The lowest BCUT2D eigenvalue weighted by Crippen LogP contribution is -2.48. The third-order valence-corrected chi connectivity index (χ3v) is 10.7. The van der Waals surface area contributed by atoms with E-state index >= 15 is 0 Å². The molecule has 1 atom stereocenters. The van der Waals surface area contributed by atoms with Crippen LogP contribution in [-0.4, -0.2) is 75.9 Å². The molecule has 2 aromatic carbocycles. The summed E-state index contributed by atoms with van der Waals surface area (Å²) in [6.07, 6.45) is 21.8. The summed E-state index contributed by atoms with van der Waals surface area (Å²) < 4.78 is 6.90. The molecule has 0 spiro atoms. The number of anilines is 2. The maximum atomic E-state index is 14.0. The van der Waals surface area contributed by atoms with E-state index in [-0.39, 0.29) is 18.2 Å². The first-order valence-electron chi connectivity index (χ1n) is 21.2. The molecule has 1 aliphatic heterocycles. The highest BCUT2D eigenvalue weighted by atomic mass is 16.5. The van der Waals surface area contributed by atoms with E-state index in [0.717, 1.165) is 44.6 Å². The quantitative estimate of drug-likeness (QED) is 0.0752. The molecular weight excluding hydrogens is 701 g/mol. The number of rotatable bonds is 23. The number of allylic oxidation sites excluding steroid dienone is 3. The third-order valence-electron chi connectivity index (χ3n) is 10.7. The maximum absolute atomic E-state index is 14.0. The highest BCUT2D eigenvalue weighted by Crippen LogP contribution is 2.45. The number of nitrogens with zero attached hydrogens (tertiary/aromatic N) is 7. The molecule has 3 heterocycles. The second-order valence-corrected chi connectivity index (χ2v) is 14.8. The van der Waals surface area contributed by atoms with Gasteiger partial charge in [-0.15, -0.1) is 10.2 Å². The van der Waals surface area contributed by atoms with Gasteiger partial charge in [-0.3, -0.25) is 9.59 Å². The standard InChI is InChI=1S/C45H64N8O3/c1-7-11-13-15-17-23-31-50(32-24-18-16-14-12-8-2)45(55)34(5)46-44(54)41-37(43-48-47-39(33-56-6)53(43)49-41)27-21-22-28-40-51(9-3)38-30-29-35-25-19-20-26-36(35)42(38)52(40)10-4/h19-22,25-30,34H,7-18,23-24,31-33H2,1-6H3,(H,46,54)/b22-21+,37-27-,40-28-. The topological polar surface area (TPSA) is 108 Å². The van der Waals surface area contributed by atoms with Crippen molar-refractivity contribution in [2.24, 2.45) is 0 Å². The molecule has 2 aromatic heterocycles. The van der Waals surface area contributed by atoms with Crippen LogP contribution >= 0.6 is 0 Å². The van der Waals surface area contributed by atoms with Crippen LogP contribution in [0, 0.1) is 0 Å². The van der Waals surface area contributed by atoms with E-state index < -0.39 is 11.9 Å². The summed E-state index contributed by atoms with van der Waals surface area (Å²) in [6, 6.07) is 12.2. The summed E-state index contributed by atoms with van der Waals surface area (Å²) in [7, 11) is 1.58. The zero-order chi connectivity index (χ0) is 39.9. The number of carbonyl (C=O) groups excluding carboxylic acids is 2. The largest absolute Gasteiger partial charge is 0.377 e. The fourth-order valence-corrected chi connectivity index (χ4v) is 7.74. The van der Waals surface area contributed by atoms with Gasteiger partial charge in [0.05, 0.1) is 16.6 Å². The molecule has 11 nitrogen and oxygen atoms in total. The van der Waals surface area contributed by atoms with E-state index in [9.17, 15) is 9.59 Å². The van der Waals surface area contributed by atoms with Crippen molar-refractivity contribution in [3.63, 3.8) is 0 Å². The van der Waals surface area contributed by atoms with Crippen molar-refractivity contribution in [1.29, 1.82) is 0 Å². The summed E-state index contributed by atoms with van der Waals surface area (Å²) >= 11 is 0. The summed E-state index contributed by atoms with van der Waals surface area (Å²) in [5, 5.41) is 19.3. The van der Waals surface area contributed by atoms with Gasteiger partial charge in [0.15, 0.2) is 17.2 Å². The number of amides is 2. The fourth-order valence-electron chi connectivity index (χ4n) is 7.74. The number of nitrogens with one attached hydrogen (secondary N) is 1. The Morgan fingerprint density at radius 1 is 0.804 bits per heavy atom. The lowest BCUT2D eigenvalue weighted by molar-refractivity contribution is -0.133. The Labute approximate surface area is 333 Å². The number of carbonyl (C=O) groups is 2. The van der Waals surface area contributed by atoms with E-state index in [4.69, 9.17) is 4.74 Å². The number of aromatic nitrogens is 4. The normalized spacial score (nSPS) is 14.5. The maximum Gasteiger partial charge on any atom is 0.273 e. The Morgan fingerprint density at radius 3 is 2.11 bits per heavy atom. The minimum Gasteiger partial charge on any atom is -0.377 e. The monoisotopic (exact) mass is 765 g/mol. The molecule has 1 N–H and O–H groups in total. The van der Waals surface area contributed by atoms with Gasteiger partial charge in [0.1, 0.15) is 18.5 Å². The van der Waals surface area contributed by atoms with Gasteiger partial charge in [0, 0.05) is 38.7 Å². The van der Waals surface area contributed by atoms with Crippen LogP contribution in [0.3, 0.4) is 0 Å². The van der Waals surface area contributed by atoms with Crippen molar-refractivity contribution >= 4 is 45.7 Å². The Bertz CT molecular complexity index is 1990. The second kappa shape index (κ2) is 21.5. The second-order valence-electron chi connectivity index (χ2n) is 14.8. The number of unbranched alkanes of at least 4 members (excludes halogenated alkanes) is 10. The van der Waals surface area contributed by atoms with Crippen LogP contribution in [0.2, 0.25) is 0 Å². The summed E-state index contributed by atoms with van der Waals surface area (Å²) in [6.45, 7) is 13.8. The van der Waals surface area contributed by atoms with E-state index in [0.29, 0.717) is 29.8 Å². The summed E-state index contributed by atoms with van der Waals surface area (Å²) in [4.78, 5) is 34.5. The van der Waals surface area contributed by atoms with E-state index in [2.05, 4.69) is 101 Å². The van der Waals surface area contributed by atoms with Gasteiger partial charge >= 0.3 is 0 Å². The number of benzene rings is 2. The SMILES string of the molecule is CCCCCCCCN(CCCCCCCC)C(=O)C(C)NC(=O)c1nn2c(COC)nnc2\c1=C/C=C/C=C1/N(CC)c2ccc3ccccc3c2N1CC. The Balaban J connectivity index is 1.37. The highest BCUT2D eigenvalue weighted by molar-refractivity contribution is 6.04. The van der Waals surface area contributed by atoms with Crippen LogP contribution < -0.4 is 20.3 Å². The highest BCUT2D eigenvalue weighted by Gasteiger charge is 2.31. The Morgan fingerprint density at radius 2 is 1.45 bits per heavy atom. The predicted octanol–water partition coefficient (Wildman–Crippen LogP) is 8.36. The Kier molecular flexibility index (Phi) is 16.3. The van der Waals surface area contributed by atoms with Gasteiger partial charge in [0.25, 0.3) is 5.91 Å². The molecule has 4 aromatic rings. The molecule has 0 radical (unpaired) electrons. The van der Waals surface area contributed by atoms with Crippen molar-refractivity contribution in [2.45, 2.75) is 124 Å². The van der Waals surface area contributed by atoms with Crippen molar-refractivity contribution in [3.8, 4) is 0 Å². The summed E-state index contributed by atoms with van der Waals surface area (Å²) in [5.74, 6) is 1.09. The van der Waals surface area contributed by atoms with Crippen molar-refractivity contribution < 1.29 is 14.3 Å². The molecule has 1 aliphatic rings. The molecule has 302 valence electrons. The van der Waals surface area contributed by atoms with Crippen LogP contribution in [0.1, 0.15) is 128 Å². The Hall–Kier alpha value is -4.77. The molecule has 0 bridgehead atoms. The zero-order valence-electron chi connectivity index (χ0n) is 34.7. The van der Waals surface area contributed by atoms with Gasteiger partial charge < -0.3 is 24.8 Å². The number of hydrogen-bond acceptors (Lipinski definition) is 8. The minimum atomic E-state index is -0.712. The van der Waals surface area contributed by atoms with E-state index in [1.807, 2.05) is 23.1 Å². The van der Waals surface area contributed by atoms with Gasteiger partial charge in [-0.2, -0.15) is 9.61 Å². The first kappa shape index (κ1) is 42.4. The first-order chi connectivity index (χ1) is 27.4. The van der Waals surface area contributed by atoms with Gasteiger partial charge in [-0.25, -0.2) is 0 Å². The number of hydrogen-bond donors (Lipinski definition) is 1. The third kappa shape index (κ3) is 10.1. The predicted molar refractivity (Wildman–Crippen MR) is 229 cm³/mol. The molecule has 56 heavy (non-hydrogen) atoms. The van der Waals surface area contributed by atoms with E-state index in [1.165, 1.54) is 73.5 Å². The van der Waals surface area contributed by atoms with Crippen LogP contribution in [0.5, 0.6) is 0 Å². The molecule has 5 rings (SSSR count). The van der Waals surface area contributed by atoms with Gasteiger partial charge in [-0.1, -0.05) is 121 Å². The first-order valence-corrected chi connectivity index (χ1v) is 21.2. The van der Waals surface area contributed by atoms with E-state index in [1.54, 1.807) is 18.5 Å². The fraction of sp³-hybridized carbons (Fsp3) is 0.533. The van der Waals surface area contributed by atoms with Crippen LogP contribution in [0.25, 0.3) is 22.5 Å². The van der Waals surface area contributed by atoms with Gasteiger partial charge in [0.2, 0.25) is 5.91 Å². The lowest BCUT2D eigenvalue weighted by Gasteiger charge is -2.26. The zero-order valence-corrected chi connectivity index (χ0v) is 34.7. The van der Waals surface area contributed by atoms with Crippen LogP contribution in [0.4, 0.5) is 11.4 Å². The number of fused-ring (bicyclic) bond motifs is 4. The molecule has 0 saturated heterocycles. The van der Waals surface area contributed by atoms with Gasteiger partial charge in [-0.05, 0) is 57.2 Å². The smallest absolute Gasteiger partial charge is 0.273 e. The molecule has 0 fully saturated rings. The number of methoxy groups -OCH3 is 1. The molecule has 11 heteroatoms. The molecule has 1 unspecified atom stereocenters. The summed E-state index contributed by atoms with van der Waals surface area (Å²) in [5.41, 5.74) is 3.05. The van der Waals surface area contributed by atoms with Crippen molar-refractivity contribution in [1.82, 2.24) is 30.0 Å². The van der Waals surface area contributed by atoms with Crippen LogP contribution in [0.15, 0.2) is 60.4 Å². The average Bonchev–Trinajstić information content (AvgIpc) is 3.88. The lowest BCUT2D eigenvalue weighted by atomic mass is 10.1. The molecular formula is C45H64N8O3. The number of ether oxygens (including phenoxy) is 1. The van der Waals surface area contributed by atoms with Crippen LogP contribution in [-0.2, 0) is 16.1 Å². The molecule has 0 saturated carbocycles. The average molecular weight is 765 g/mol. The van der Waals surface area contributed by atoms with Crippen molar-refractivity contribution in [3.05, 3.63) is 77.2 Å².